The molecule has 0 aromatic heterocycles. The molecule has 2 aromatic rings. The summed E-state index contributed by atoms with van der Waals surface area (Å²) in [5.74, 6) is 0. The Morgan fingerprint density at radius 1 is 1.33 bits per heavy atom. The van der Waals surface area contributed by atoms with E-state index in [-0.39, 0.29) is 0 Å². The van der Waals surface area contributed by atoms with Crippen molar-refractivity contribution in [2.24, 2.45) is 0 Å². The minimum Gasteiger partial charge on any atom is -0.382 e. The van der Waals surface area contributed by atoms with Crippen molar-refractivity contribution in [1.82, 2.24) is 5.32 Å². The van der Waals surface area contributed by atoms with Crippen LogP contribution in [0.1, 0.15) is 5.56 Å². The van der Waals surface area contributed by atoms with Crippen LogP contribution in [-0.4, -0.2) is 25.2 Å². The predicted molar refractivity (Wildman–Crippen MR) is 89.8 cm³/mol. The van der Waals surface area contributed by atoms with Gasteiger partial charge in [0.2, 0.25) is 0 Å². The fourth-order valence-electron chi connectivity index (χ4n) is 2.43. The van der Waals surface area contributed by atoms with Gasteiger partial charge in [-0.1, -0.05) is 12.1 Å². The Hall–Kier alpha value is -3.53. The topological polar surface area (TPSA) is 97.3 Å². The Balaban J connectivity index is 1.67. The summed E-state index contributed by atoms with van der Waals surface area (Å²) in [5.41, 5.74) is 2.35. The monoisotopic (exact) mass is 320 g/mol. The molecule has 1 radical (unpaired) electrons. The lowest BCUT2D eigenvalue weighted by Gasteiger charge is -2.29. The van der Waals surface area contributed by atoms with E-state index in [1.54, 1.807) is 36.4 Å². The van der Waals surface area contributed by atoms with Crippen LogP contribution in [0, 0.1) is 17.4 Å². The zero-order valence-electron chi connectivity index (χ0n) is 12.7. The molecule has 7 heteroatoms. The van der Waals surface area contributed by atoms with Crippen LogP contribution in [0.15, 0.2) is 42.5 Å². The number of amides is 4. The molecule has 0 atom stereocenters. The van der Waals surface area contributed by atoms with Gasteiger partial charge in [0, 0.05) is 18.8 Å². The van der Waals surface area contributed by atoms with Gasteiger partial charge in [0.15, 0.2) is 0 Å². The highest BCUT2D eigenvalue weighted by molar-refractivity contribution is 6.07. The van der Waals surface area contributed by atoms with Gasteiger partial charge in [-0.25, -0.2) is 9.59 Å². The Morgan fingerprint density at radius 3 is 3.04 bits per heavy atom. The number of hydrogen-bond donors (Lipinski definition) is 3. The first-order valence-corrected chi connectivity index (χ1v) is 7.31. The highest BCUT2D eigenvalue weighted by Crippen LogP contribution is 2.28. The molecule has 0 saturated heterocycles. The van der Waals surface area contributed by atoms with Gasteiger partial charge in [0.05, 0.1) is 23.0 Å². The van der Waals surface area contributed by atoms with Gasteiger partial charge in [-0.3, -0.25) is 10.2 Å². The van der Waals surface area contributed by atoms with Crippen molar-refractivity contribution in [3.05, 3.63) is 54.1 Å². The quantitative estimate of drug-likeness (QED) is 0.752. The molecule has 1 heterocycles. The van der Waals surface area contributed by atoms with Crippen LogP contribution in [0.3, 0.4) is 0 Å². The normalized spacial score (nSPS) is 12.4. The second kappa shape index (κ2) is 6.71. The Labute approximate surface area is 138 Å². The van der Waals surface area contributed by atoms with Crippen molar-refractivity contribution in [1.29, 1.82) is 5.26 Å². The molecular weight excluding hydrogens is 306 g/mol. The Kier molecular flexibility index (Phi) is 4.29. The van der Waals surface area contributed by atoms with Crippen molar-refractivity contribution >= 4 is 29.1 Å². The van der Waals surface area contributed by atoms with E-state index in [9.17, 15) is 9.59 Å². The Bertz CT molecular complexity index is 828. The number of nitriles is 1. The summed E-state index contributed by atoms with van der Waals surface area (Å²) in [4.78, 5) is 25.8. The van der Waals surface area contributed by atoms with E-state index in [2.05, 4.69) is 22.0 Å². The zero-order valence-corrected chi connectivity index (χ0v) is 12.7. The summed E-state index contributed by atoms with van der Waals surface area (Å²) in [7, 11) is 0. The number of urea groups is 2. The predicted octanol–water partition coefficient (Wildman–Crippen LogP) is 2.53. The molecule has 1 aliphatic heterocycles. The first-order chi connectivity index (χ1) is 11.7. The van der Waals surface area contributed by atoms with Gasteiger partial charge < -0.3 is 10.6 Å². The lowest BCUT2D eigenvalue weighted by molar-refractivity contribution is 0.236. The molecule has 0 spiro atoms. The average molecular weight is 320 g/mol. The van der Waals surface area contributed by atoms with E-state index in [4.69, 9.17) is 5.26 Å². The number of carbonyl (C=O) groups excluding carboxylic acids is 2. The number of fused-ring (bicyclic) bond motifs is 1. The molecule has 3 N–H and O–H groups in total. The minimum atomic E-state index is -0.655. The molecule has 2 aromatic carbocycles. The number of anilines is 3. The average Bonchev–Trinajstić information content (AvgIpc) is 2.61. The number of carbonyl (C=O) groups is 2. The minimum absolute atomic E-state index is 0.423. The van der Waals surface area contributed by atoms with Crippen molar-refractivity contribution in [3.63, 3.8) is 0 Å². The van der Waals surface area contributed by atoms with Crippen LogP contribution < -0.4 is 20.9 Å². The van der Waals surface area contributed by atoms with E-state index in [1.165, 1.54) is 11.0 Å². The molecule has 3 rings (SSSR count). The number of nitrogens with zero attached hydrogens (tertiary/aromatic N) is 2. The van der Waals surface area contributed by atoms with Crippen LogP contribution in [0.25, 0.3) is 0 Å². The van der Waals surface area contributed by atoms with Crippen molar-refractivity contribution in [2.75, 3.05) is 28.6 Å². The van der Waals surface area contributed by atoms with E-state index in [0.717, 1.165) is 5.69 Å². The first kappa shape index (κ1) is 15.4. The fourth-order valence-corrected chi connectivity index (χ4v) is 2.43. The number of imide groups is 1. The van der Waals surface area contributed by atoms with Crippen LogP contribution in [0.5, 0.6) is 0 Å². The maximum atomic E-state index is 12.3. The third-order valence-corrected chi connectivity index (χ3v) is 3.50. The van der Waals surface area contributed by atoms with Crippen molar-refractivity contribution in [2.45, 2.75) is 0 Å². The Morgan fingerprint density at radius 2 is 2.21 bits per heavy atom. The molecule has 0 unspecified atom stereocenters. The van der Waals surface area contributed by atoms with E-state index in [1.807, 2.05) is 6.07 Å². The summed E-state index contributed by atoms with van der Waals surface area (Å²) in [5, 5.41) is 16.9. The maximum Gasteiger partial charge on any atom is 0.330 e. The van der Waals surface area contributed by atoms with Crippen molar-refractivity contribution < 1.29 is 9.59 Å². The molecule has 0 aliphatic carbocycles. The third-order valence-electron chi connectivity index (χ3n) is 3.50. The zero-order chi connectivity index (χ0) is 16.9. The van der Waals surface area contributed by atoms with E-state index in [0.29, 0.717) is 30.0 Å². The van der Waals surface area contributed by atoms with Crippen LogP contribution >= 0.6 is 0 Å². The molecular formula is C17H14N5O2. The van der Waals surface area contributed by atoms with Gasteiger partial charge in [0.1, 0.15) is 0 Å². The molecule has 119 valence electrons. The molecule has 7 nitrogen and oxygen atoms in total. The summed E-state index contributed by atoms with van der Waals surface area (Å²) >= 11 is 0. The largest absolute Gasteiger partial charge is 0.382 e. The second-order valence-electron chi connectivity index (χ2n) is 5.10. The number of nitrogens with one attached hydrogen (secondary N) is 3. The molecule has 1 aliphatic rings. The highest BCUT2D eigenvalue weighted by atomic mass is 16.2. The van der Waals surface area contributed by atoms with E-state index >= 15 is 0 Å². The van der Waals surface area contributed by atoms with Gasteiger partial charge in [-0.15, -0.1) is 0 Å². The summed E-state index contributed by atoms with van der Waals surface area (Å²) in [6.07, 6.45) is 0. The summed E-state index contributed by atoms with van der Waals surface area (Å²) in [6, 6.07) is 15.4. The van der Waals surface area contributed by atoms with Crippen molar-refractivity contribution in [3.8, 4) is 6.07 Å². The lowest BCUT2D eigenvalue weighted by atomic mass is 10.2. The SMILES string of the molecule is N#Cc1cccc(NC(=O)NC(=O)N2CCNc3c[c]ccc32)c1. The lowest BCUT2D eigenvalue weighted by Crippen LogP contribution is -2.48. The second-order valence-corrected chi connectivity index (χ2v) is 5.10. The number of hydrogen-bond acceptors (Lipinski definition) is 4. The number of benzene rings is 2. The molecule has 0 saturated carbocycles. The van der Waals surface area contributed by atoms with Crippen LogP contribution in [0.4, 0.5) is 26.7 Å². The molecule has 0 fully saturated rings. The third kappa shape index (κ3) is 3.28. The summed E-state index contributed by atoms with van der Waals surface area (Å²) in [6.45, 7) is 1.03. The number of rotatable bonds is 1. The van der Waals surface area contributed by atoms with Gasteiger partial charge in [0.25, 0.3) is 0 Å². The van der Waals surface area contributed by atoms with Gasteiger partial charge in [-0.2, -0.15) is 5.26 Å². The van der Waals surface area contributed by atoms with Gasteiger partial charge in [-0.05, 0) is 36.4 Å². The maximum absolute atomic E-state index is 12.3. The molecule has 0 bridgehead atoms. The van der Waals surface area contributed by atoms with Gasteiger partial charge >= 0.3 is 12.1 Å². The fraction of sp³-hybridized carbons (Fsp3) is 0.118. The van der Waals surface area contributed by atoms with Crippen LogP contribution in [0.2, 0.25) is 0 Å². The molecule has 4 amide bonds. The molecule has 24 heavy (non-hydrogen) atoms. The van der Waals surface area contributed by atoms with Crippen LogP contribution in [-0.2, 0) is 0 Å². The standard InChI is InChI=1S/C17H14N5O2/c18-11-12-4-3-5-13(10-12)20-16(23)21-17(24)22-9-8-19-14-6-1-2-7-15(14)22/h2-7,10,19H,8-9H2,(H2,20,21,23,24). The first-order valence-electron chi connectivity index (χ1n) is 7.31. The van der Waals surface area contributed by atoms with E-state index < -0.39 is 12.1 Å². The highest BCUT2D eigenvalue weighted by Gasteiger charge is 2.23. The summed E-state index contributed by atoms with van der Waals surface area (Å²) < 4.78 is 0. The smallest absolute Gasteiger partial charge is 0.330 e.